The second kappa shape index (κ2) is 6.48. The van der Waals surface area contributed by atoms with Gasteiger partial charge in [0.25, 0.3) is 6.43 Å². The van der Waals surface area contributed by atoms with Gasteiger partial charge in [-0.3, -0.25) is 4.79 Å². The van der Waals surface area contributed by atoms with Crippen molar-refractivity contribution in [1.29, 1.82) is 0 Å². The Hall–Kier alpha value is -2.70. The first kappa shape index (κ1) is 19.1. The molecule has 0 amide bonds. The van der Waals surface area contributed by atoms with E-state index in [1.165, 1.54) is 25.4 Å². The first-order valence-corrected chi connectivity index (χ1v) is 8.60. The fourth-order valence-corrected chi connectivity index (χ4v) is 3.65. The molecule has 7 heteroatoms. The molecule has 1 aromatic heterocycles. The molecule has 1 aromatic carbocycles. The van der Waals surface area contributed by atoms with Crippen LogP contribution in [-0.4, -0.2) is 22.8 Å². The maximum Gasteiger partial charge on any atom is 0.341 e. The third-order valence-electron chi connectivity index (χ3n) is 5.59. The average molecular weight is 377 g/mol. The van der Waals surface area contributed by atoms with Crippen LogP contribution in [-0.2, 0) is 12.0 Å². The molecule has 0 saturated carbocycles. The van der Waals surface area contributed by atoms with E-state index in [0.717, 1.165) is 5.56 Å². The topological polar surface area (TPSA) is 68.5 Å². The van der Waals surface area contributed by atoms with Gasteiger partial charge in [0.15, 0.2) is 5.43 Å². The van der Waals surface area contributed by atoms with Crippen LogP contribution in [0.3, 0.4) is 0 Å². The van der Waals surface area contributed by atoms with Gasteiger partial charge in [-0.2, -0.15) is 0 Å². The van der Waals surface area contributed by atoms with Crippen LogP contribution in [0.1, 0.15) is 48.7 Å². The summed E-state index contributed by atoms with van der Waals surface area (Å²) in [6.45, 7) is 5.96. The highest BCUT2D eigenvalue weighted by Crippen LogP contribution is 2.44. The zero-order valence-corrected chi connectivity index (χ0v) is 15.5. The van der Waals surface area contributed by atoms with Crippen molar-refractivity contribution in [3.05, 3.63) is 51.3 Å². The second-order valence-corrected chi connectivity index (χ2v) is 7.35. The standard InChI is InChI=1S/C20H21F2NO4/c1-10(2)20(3)8-11-5-17(27-4)13(18(21)22)6-12(11)15-7-16(24)14(19(25)26)9-23(15)20/h5-7,9-10,18H,8H2,1-4H3,(H,25,26). The minimum absolute atomic E-state index is 0.0920. The summed E-state index contributed by atoms with van der Waals surface area (Å²) < 4.78 is 33.8. The van der Waals surface area contributed by atoms with Crippen LogP contribution in [0.4, 0.5) is 8.78 Å². The summed E-state index contributed by atoms with van der Waals surface area (Å²) in [7, 11) is 1.34. The third-order valence-corrected chi connectivity index (χ3v) is 5.59. The molecule has 0 bridgehead atoms. The molecule has 144 valence electrons. The highest BCUT2D eigenvalue weighted by atomic mass is 19.3. The summed E-state index contributed by atoms with van der Waals surface area (Å²) in [6, 6.07) is 4.16. The number of hydrogen-bond acceptors (Lipinski definition) is 3. The molecule has 0 aliphatic carbocycles. The Labute approximate surface area is 155 Å². The number of methoxy groups -OCH3 is 1. The third kappa shape index (κ3) is 2.91. The van der Waals surface area contributed by atoms with Crippen molar-refractivity contribution >= 4 is 5.97 Å². The Morgan fingerprint density at radius 1 is 1.30 bits per heavy atom. The molecule has 2 heterocycles. The number of fused-ring (bicyclic) bond motifs is 3. The molecular weight excluding hydrogens is 356 g/mol. The number of hydrogen-bond donors (Lipinski definition) is 1. The zero-order valence-electron chi connectivity index (χ0n) is 15.5. The van der Waals surface area contributed by atoms with E-state index in [9.17, 15) is 23.5 Å². The lowest BCUT2D eigenvalue weighted by atomic mass is 9.76. The molecule has 2 aromatic rings. The number of benzene rings is 1. The fraction of sp³-hybridized carbons (Fsp3) is 0.400. The summed E-state index contributed by atoms with van der Waals surface area (Å²) in [5.74, 6) is -1.11. The van der Waals surface area contributed by atoms with Gasteiger partial charge in [-0.15, -0.1) is 0 Å². The maximum absolute atomic E-state index is 13.5. The summed E-state index contributed by atoms with van der Waals surface area (Å²) in [6.07, 6.45) is -0.911. The number of pyridine rings is 1. The van der Waals surface area contributed by atoms with Crippen molar-refractivity contribution in [3.8, 4) is 17.0 Å². The number of carboxylic acids is 1. The molecule has 1 aliphatic heterocycles. The Balaban J connectivity index is 2.39. The number of carboxylic acid groups (broad SMARTS) is 1. The van der Waals surface area contributed by atoms with Crippen molar-refractivity contribution in [1.82, 2.24) is 4.57 Å². The molecule has 1 N–H and O–H groups in total. The van der Waals surface area contributed by atoms with E-state index in [1.54, 1.807) is 10.6 Å². The van der Waals surface area contributed by atoms with Crippen LogP contribution < -0.4 is 10.2 Å². The maximum atomic E-state index is 13.5. The van der Waals surface area contributed by atoms with Gasteiger partial charge in [0, 0.05) is 23.4 Å². The highest BCUT2D eigenvalue weighted by molar-refractivity contribution is 5.88. The molecule has 3 rings (SSSR count). The smallest absolute Gasteiger partial charge is 0.341 e. The van der Waals surface area contributed by atoms with Crippen LogP contribution in [0, 0.1) is 5.92 Å². The minimum atomic E-state index is -2.73. The number of ether oxygens (including phenoxy) is 1. The Morgan fingerprint density at radius 3 is 2.48 bits per heavy atom. The summed E-state index contributed by atoms with van der Waals surface area (Å²) in [5.41, 5.74) is -0.0536. The molecule has 1 atom stereocenters. The largest absolute Gasteiger partial charge is 0.496 e. The van der Waals surface area contributed by atoms with E-state index >= 15 is 0 Å². The second-order valence-electron chi connectivity index (χ2n) is 7.35. The van der Waals surface area contributed by atoms with Crippen molar-refractivity contribution in [2.24, 2.45) is 5.92 Å². The number of aromatic carboxylic acids is 1. The van der Waals surface area contributed by atoms with Crippen molar-refractivity contribution in [3.63, 3.8) is 0 Å². The first-order chi connectivity index (χ1) is 12.6. The van der Waals surface area contributed by atoms with Gasteiger partial charge in [-0.1, -0.05) is 13.8 Å². The number of alkyl halides is 2. The average Bonchev–Trinajstić information content (AvgIpc) is 2.59. The van der Waals surface area contributed by atoms with Gasteiger partial charge >= 0.3 is 5.97 Å². The molecule has 0 saturated heterocycles. The van der Waals surface area contributed by atoms with E-state index in [1.807, 2.05) is 20.8 Å². The normalized spacial score (nSPS) is 18.4. The lowest BCUT2D eigenvalue weighted by Gasteiger charge is -2.43. The van der Waals surface area contributed by atoms with Crippen LogP contribution >= 0.6 is 0 Å². The van der Waals surface area contributed by atoms with Gasteiger partial charge < -0.3 is 14.4 Å². The number of rotatable bonds is 4. The van der Waals surface area contributed by atoms with E-state index in [4.69, 9.17) is 4.74 Å². The minimum Gasteiger partial charge on any atom is -0.496 e. The van der Waals surface area contributed by atoms with Crippen molar-refractivity contribution in [2.45, 2.75) is 39.2 Å². The van der Waals surface area contributed by atoms with Crippen LogP contribution in [0.2, 0.25) is 0 Å². The van der Waals surface area contributed by atoms with E-state index in [0.29, 0.717) is 17.7 Å². The van der Waals surface area contributed by atoms with E-state index in [-0.39, 0.29) is 22.8 Å². The van der Waals surface area contributed by atoms with E-state index < -0.39 is 23.4 Å². The summed E-state index contributed by atoms with van der Waals surface area (Å²) in [4.78, 5) is 23.7. The van der Waals surface area contributed by atoms with Gasteiger partial charge in [0.05, 0.1) is 18.4 Å². The Bertz CT molecular complexity index is 981. The number of carbonyl (C=O) groups is 1. The summed E-state index contributed by atoms with van der Waals surface area (Å²) in [5, 5.41) is 9.33. The molecule has 0 spiro atoms. The van der Waals surface area contributed by atoms with Gasteiger partial charge in [0.1, 0.15) is 11.3 Å². The van der Waals surface area contributed by atoms with E-state index in [2.05, 4.69) is 0 Å². The van der Waals surface area contributed by atoms with Gasteiger partial charge in [0.2, 0.25) is 0 Å². The quantitative estimate of drug-likeness (QED) is 0.872. The van der Waals surface area contributed by atoms with Gasteiger partial charge in [-0.05, 0) is 37.0 Å². The highest BCUT2D eigenvalue weighted by Gasteiger charge is 2.38. The molecule has 1 unspecified atom stereocenters. The molecule has 0 radical (unpaired) electrons. The number of aromatic nitrogens is 1. The molecular formula is C20H21F2NO4. The van der Waals surface area contributed by atoms with Gasteiger partial charge in [-0.25, -0.2) is 13.6 Å². The van der Waals surface area contributed by atoms with Crippen molar-refractivity contribution < 1.29 is 23.4 Å². The monoisotopic (exact) mass is 377 g/mol. The zero-order chi connectivity index (χ0) is 20.1. The Morgan fingerprint density at radius 2 is 1.96 bits per heavy atom. The number of nitrogens with zero attached hydrogens (tertiary/aromatic N) is 1. The SMILES string of the molecule is COc1cc2c(cc1C(F)F)-c1cc(=O)c(C(=O)O)cn1C(C)(C(C)C)C2. The predicted molar refractivity (Wildman–Crippen MR) is 96.8 cm³/mol. The predicted octanol–water partition coefficient (Wildman–Crippen LogP) is 4.09. The molecule has 0 fully saturated rings. The Kier molecular flexibility index (Phi) is 4.57. The summed E-state index contributed by atoms with van der Waals surface area (Å²) >= 11 is 0. The van der Waals surface area contributed by atoms with Crippen molar-refractivity contribution in [2.75, 3.05) is 7.11 Å². The molecule has 1 aliphatic rings. The van der Waals surface area contributed by atoms with Crippen LogP contribution in [0.5, 0.6) is 5.75 Å². The van der Waals surface area contributed by atoms with Crippen LogP contribution in [0.25, 0.3) is 11.3 Å². The lowest BCUT2D eigenvalue weighted by Crippen LogP contribution is -2.42. The van der Waals surface area contributed by atoms with Crippen LogP contribution in [0.15, 0.2) is 29.2 Å². The first-order valence-electron chi connectivity index (χ1n) is 8.60. The lowest BCUT2D eigenvalue weighted by molar-refractivity contribution is 0.0693. The molecule has 27 heavy (non-hydrogen) atoms. The molecule has 5 nitrogen and oxygen atoms in total. The fourth-order valence-electron chi connectivity index (χ4n) is 3.65. The number of halogens is 2.